The van der Waals surface area contributed by atoms with Crippen LogP contribution in [-0.4, -0.2) is 50.5 Å². The van der Waals surface area contributed by atoms with E-state index >= 15 is 0 Å². The van der Waals surface area contributed by atoms with Crippen LogP contribution in [0.4, 0.5) is 13.2 Å². The quantitative estimate of drug-likeness (QED) is 0.681. The predicted molar refractivity (Wildman–Crippen MR) is 101 cm³/mol. The molecular weight excluding hydrogens is 410 g/mol. The van der Waals surface area contributed by atoms with Crippen LogP contribution in [-0.2, 0) is 19.3 Å². The van der Waals surface area contributed by atoms with Gasteiger partial charge in [0.2, 0.25) is 10.0 Å². The molecule has 2 aliphatic heterocycles. The van der Waals surface area contributed by atoms with Crippen LogP contribution in [0.15, 0.2) is 23.1 Å². The van der Waals surface area contributed by atoms with Crippen molar-refractivity contribution in [2.75, 3.05) is 13.1 Å². The monoisotopic (exact) mass is 435 g/mol. The number of hydrogen-bond donors (Lipinski definition) is 0. The van der Waals surface area contributed by atoms with Crippen molar-refractivity contribution in [3.63, 3.8) is 0 Å². The second-order valence-corrected chi connectivity index (χ2v) is 10.2. The highest BCUT2D eigenvalue weighted by atomic mass is 32.2. The number of rotatable bonds is 4. The highest BCUT2D eigenvalue weighted by Crippen LogP contribution is 2.38. The van der Waals surface area contributed by atoms with Gasteiger partial charge in [-0.25, -0.2) is 8.42 Å². The summed E-state index contributed by atoms with van der Waals surface area (Å²) < 4.78 is 82.0. The molecule has 1 aromatic rings. The molecule has 11 heteroatoms. The van der Waals surface area contributed by atoms with Crippen LogP contribution in [0.2, 0.25) is 0 Å². The van der Waals surface area contributed by atoms with Crippen molar-refractivity contribution >= 4 is 22.6 Å². The first kappa shape index (κ1) is 22.4. The number of halogens is 3. The standard InChI is InChI=1S/C18H25BF3NO5S/c1-16(2)17(3,4)28-19(27-16)13-8-9-15(14(12-13)26-18(20,21)22)29(24,25)23-10-6-5-7-11-23/h8-9,12H,5-7,10-11H2,1-4H3. The van der Waals surface area contributed by atoms with E-state index in [1.807, 2.05) is 27.7 Å². The molecular formula is C18H25BF3NO5S. The third-order valence-electron chi connectivity index (χ3n) is 5.65. The summed E-state index contributed by atoms with van der Waals surface area (Å²) in [6.07, 6.45) is -2.82. The predicted octanol–water partition coefficient (Wildman–Crippen LogP) is 3.06. The molecule has 0 bridgehead atoms. The van der Waals surface area contributed by atoms with Gasteiger partial charge in [0.25, 0.3) is 0 Å². The van der Waals surface area contributed by atoms with Gasteiger partial charge in [0, 0.05) is 13.1 Å². The fourth-order valence-electron chi connectivity index (χ4n) is 3.31. The van der Waals surface area contributed by atoms with Crippen LogP contribution in [0.25, 0.3) is 0 Å². The molecule has 162 valence electrons. The fourth-order valence-corrected chi connectivity index (χ4v) is 4.92. The molecule has 29 heavy (non-hydrogen) atoms. The molecule has 1 aromatic carbocycles. The highest BCUT2D eigenvalue weighted by molar-refractivity contribution is 7.89. The van der Waals surface area contributed by atoms with Gasteiger partial charge in [0.15, 0.2) is 0 Å². The van der Waals surface area contributed by atoms with Crippen LogP contribution in [0, 0.1) is 0 Å². The van der Waals surface area contributed by atoms with Gasteiger partial charge in [-0.1, -0.05) is 12.5 Å². The van der Waals surface area contributed by atoms with E-state index < -0.39 is 45.4 Å². The number of alkyl halides is 3. The van der Waals surface area contributed by atoms with E-state index in [-0.39, 0.29) is 18.6 Å². The Bertz CT molecular complexity index is 851. The molecule has 0 spiro atoms. The van der Waals surface area contributed by atoms with Gasteiger partial charge in [0.05, 0.1) is 11.2 Å². The lowest BCUT2D eigenvalue weighted by molar-refractivity contribution is -0.275. The van der Waals surface area contributed by atoms with Gasteiger partial charge < -0.3 is 14.0 Å². The number of sulfonamides is 1. The maximum Gasteiger partial charge on any atom is 0.573 e. The zero-order valence-electron chi connectivity index (χ0n) is 16.9. The van der Waals surface area contributed by atoms with Crippen molar-refractivity contribution in [3.8, 4) is 5.75 Å². The second kappa shape index (κ2) is 7.44. The molecule has 0 amide bonds. The molecule has 0 unspecified atom stereocenters. The van der Waals surface area contributed by atoms with E-state index in [2.05, 4.69) is 4.74 Å². The van der Waals surface area contributed by atoms with Gasteiger partial charge in [-0.3, -0.25) is 0 Å². The summed E-state index contributed by atoms with van der Waals surface area (Å²) in [6.45, 7) is 7.80. The molecule has 0 aromatic heterocycles. The normalized spacial score (nSPS) is 22.7. The molecule has 0 N–H and O–H groups in total. The molecule has 0 aliphatic carbocycles. The van der Waals surface area contributed by atoms with Crippen molar-refractivity contribution in [1.29, 1.82) is 0 Å². The molecule has 3 rings (SSSR count). The Balaban J connectivity index is 2.00. The van der Waals surface area contributed by atoms with Crippen molar-refractivity contribution in [2.45, 2.75) is 69.4 Å². The summed E-state index contributed by atoms with van der Waals surface area (Å²) >= 11 is 0. The van der Waals surface area contributed by atoms with Crippen molar-refractivity contribution < 1.29 is 35.6 Å². The topological polar surface area (TPSA) is 65.1 Å². The number of ether oxygens (including phenoxy) is 1. The van der Waals surface area contributed by atoms with Gasteiger partial charge in [-0.05, 0) is 58.1 Å². The maximum atomic E-state index is 13.0. The third kappa shape index (κ3) is 4.57. The molecule has 0 saturated carbocycles. The first-order valence-electron chi connectivity index (χ1n) is 9.48. The third-order valence-corrected chi connectivity index (χ3v) is 7.59. The number of hydrogen-bond acceptors (Lipinski definition) is 5. The summed E-state index contributed by atoms with van der Waals surface area (Å²) in [7, 11) is -5.07. The molecule has 2 aliphatic rings. The Morgan fingerprint density at radius 1 is 1.03 bits per heavy atom. The molecule has 2 heterocycles. The summed E-state index contributed by atoms with van der Waals surface area (Å²) in [5.41, 5.74) is -1.14. The van der Waals surface area contributed by atoms with E-state index in [4.69, 9.17) is 9.31 Å². The molecule has 0 atom stereocenters. The molecule has 2 fully saturated rings. The smallest absolute Gasteiger partial charge is 0.404 e. The first-order valence-corrected chi connectivity index (χ1v) is 10.9. The number of benzene rings is 1. The molecule has 0 radical (unpaired) electrons. The van der Waals surface area contributed by atoms with E-state index in [0.29, 0.717) is 12.8 Å². The second-order valence-electron chi connectivity index (χ2n) is 8.31. The van der Waals surface area contributed by atoms with Crippen molar-refractivity contribution in [2.24, 2.45) is 0 Å². The molecule has 6 nitrogen and oxygen atoms in total. The SMILES string of the molecule is CC1(C)OB(c2ccc(S(=O)(=O)N3CCCCC3)c(OC(F)(F)F)c2)OC1(C)C. The van der Waals surface area contributed by atoms with Gasteiger partial charge >= 0.3 is 13.5 Å². The highest BCUT2D eigenvalue weighted by Gasteiger charge is 2.52. The first-order chi connectivity index (χ1) is 13.2. The van der Waals surface area contributed by atoms with E-state index in [1.54, 1.807) is 0 Å². The Labute approximate surface area is 169 Å². The minimum Gasteiger partial charge on any atom is -0.404 e. The van der Waals surface area contributed by atoms with Crippen molar-refractivity contribution in [3.05, 3.63) is 18.2 Å². The van der Waals surface area contributed by atoms with Crippen LogP contribution in [0.3, 0.4) is 0 Å². The van der Waals surface area contributed by atoms with E-state index in [9.17, 15) is 21.6 Å². The van der Waals surface area contributed by atoms with Crippen LogP contribution < -0.4 is 10.2 Å². The lowest BCUT2D eigenvalue weighted by Gasteiger charge is -2.32. The summed E-state index contributed by atoms with van der Waals surface area (Å²) in [5, 5.41) is 0. The van der Waals surface area contributed by atoms with Crippen LogP contribution >= 0.6 is 0 Å². The zero-order valence-corrected chi connectivity index (χ0v) is 17.7. The average molecular weight is 435 g/mol. The average Bonchev–Trinajstić information content (AvgIpc) is 2.82. The Morgan fingerprint density at radius 2 is 1.59 bits per heavy atom. The van der Waals surface area contributed by atoms with Crippen molar-refractivity contribution in [1.82, 2.24) is 4.31 Å². The lowest BCUT2D eigenvalue weighted by Crippen LogP contribution is -2.41. The van der Waals surface area contributed by atoms with Gasteiger partial charge in [-0.2, -0.15) is 4.31 Å². The van der Waals surface area contributed by atoms with Gasteiger partial charge in [-0.15, -0.1) is 13.2 Å². The minimum atomic E-state index is -5.04. The largest absolute Gasteiger partial charge is 0.573 e. The Kier molecular flexibility index (Phi) is 5.74. The maximum absolute atomic E-state index is 13.0. The lowest BCUT2D eigenvalue weighted by atomic mass is 9.79. The van der Waals surface area contributed by atoms with Gasteiger partial charge in [0.1, 0.15) is 10.6 Å². The van der Waals surface area contributed by atoms with E-state index in [1.165, 1.54) is 10.4 Å². The summed E-state index contributed by atoms with van der Waals surface area (Å²) in [4.78, 5) is -0.517. The van der Waals surface area contributed by atoms with Crippen LogP contribution in [0.5, 0.6) is 5.75 Å². The summed E-state index contributed by atoms with van der Waals surface area (Å²) in [6, 6.07) is 3.57. The Hall–Kier alpha value is -1.30. The Morgan fingerprint density at radius 3 is 2.10 bits per heavy atom. The molecule has 2 saturated heterocycles. The zero-order chi connectivity index (χ0) is 21.7. The van der Waals surface area contributed by atoms with E-state index in [0.717, 1.165) is 18.6 Å². The number of nitrogens with zero attached hydrogens (tertiary/aromatic N) is 1. The fraction of sp³-hybridized carbons (Fsp3) is 0.667. The summed E-state index contributed by atoms with van der Waals surface area (Å²) in [5.74, 6) is -0.782. The number of piperidine rings is 1. The minimum absolute atomic E-state index is 0.250. The van der Waals surface area contributed by atoms with Crippen LogP contribution in [0.1, 0.15) is 47.0 Å².